The molecule has 0 bridgehead atoms. The summed E-state index contributed by atoms with van der Waals surface area (Å²) in [6, 6.07) is 16.6. The maximum atomic E-state index is 5.48. The van der Waals surface area contributed by atoms with Gasteiger partial charge < -0.3 is 9.47 Å². The van der Waals surface area contributed by atoms with Crippen molar-refractivity contribution in [1.82, 2.24) is 0 Å². The molecule has 0 spiro atoms. The topological polar surface area (TPSA) is 18.5 Å². The van der Waals surface area contributed by atoms with E-state index in [2.05, 4.69) is 50.0 Å². The molecule has 2 atom stereocenters. The third-order valence-electron chi connectivity index (χ3n) is 4.63. The lowest BCUT2D eigenvalue weighted by Gasteiger charge is -2.26. The van der Waals surface area contributed by atoms with Gasteiger partial charge in [-0.2, -0.15) is 0 Å². The Bertz CT molecular complexity index is 677. The van der Waals surface area contributed by atoms with E-state index in [0.29, 0.717) is 25.0 Å². The molecule has 0 heterocycles. The zero-order chi connectivity index (χ0) is 18.8. The van der Waals surface area contributed by atoms with Gasteiger partial charge in [-0.1, -0.05) is 50.0 Å². The molecule has 0 N–H and O–H groups in total. The van der Waals surface area contributed by atoms with Gasteiger partial charge in [-0.25, -0.2) is 0 Å². The molecule has 0 saturated carbocycles. The quantitative estimate of drug-likeness (QED) is 0.566. The van der Waals surface area contributed by atoms with Crippen LogP contribution in [-0.2, 0) is 0 Å². The highest BCUT2D eigenvalue weighted by atomic mass is 16.5. The van der Waals surface area contributed by atoms with Crippen molar-refractivity contribution in [3.8, 4) is 36.2 Å². The summed E-state index contributed by atoms with van der Waals surface area (Å²) in [5.74, 6) is 7.48. The van der Waals surface area contributed by atoms with E-state index in [-0.39, 0.29) is 0 Å². The van der Waals surface area contributed by atoms with Crippen LogP contribution in [0, 0.1) is 24.7 Å². The summed E-state index contributed by atoms with van der Waals surface area (Å²) in [5.41, 5.74) is 2.64. The first-order chi connectivity index (χ1) is 12.7. The summed E-state index contributed by atoms with van der Waals surface area (Å²) in [4.78, 5) is 0. The van der Waals surface area contributed by atoms with Crippen molar-refractivity contribution in [3.05, 3.63) is 59.7 Å². The van der Waals surface area contributed by atoms with Crippen molar-refractivity contribution in [2.75, 3.05) is 13.2 Å². The summed E-state index contributed by atoms with van der Waals surface area (Å²) in [6.45, 7) is 5.06. The van der Waals surface area contributed by atoms with Crippen LogP contribution in [0.15, 0.2) is 48.5 Å². The average molecular weight is 346 g/mol. The lowest BCUT2D eigenvalue weighted by molar-refractivity contribution is 0.369. The number of terminal acetylenes is 2. The minimum Gasteiger partial charge on any atom is -0.481 e. The Balaban J connectivity index is 2.17. The molecular formula is C24H26O2. The lowest BCUT2D eigenvalue weighted by Crippen LogP contribution is -2.10. The predicted octanol–water partition coefficient (Wildman–Crippen LogP) is 5.40. The number of rotatable bonds is 9. The molecule has 0 aliphatic carbocycles. The molecule has 2 aromatic carbocycles. The van der Waals surface area contributed by atoms with Crippen LogP contribution < -0.4 is 9.47 Å². The van der Waals surface area contributed by atoms with Gasteiger partial charge >= 0.3 is 0 Å². The largest absolute Gasteiger partial charge is 0.481 e. The zero-order valence-electron chi connectivity index (χ0n) is 15.6. The van der Waals surface area contributed by atoms with E-state index in [1.54, 1.807) is 0 Å². The second-order valence-electron chi connectivity index (χ2n) is 6.15. The van der Waals surface area contributed by atoms with Gasteiger partial charge in [-0.05, 0) is 60.1 Å². The fourth-order valence-electron chi connectivity index (χ4n) is 3.38. The lowest BCUT2D eigenvalue weighted by atomic mass is 9.78. The molecule has 0 amide bonds. The highest BCUT2D eigenvalue weighted by Crippen LogP contribution is 2.38. The smallest absolute Gasteiger partial charge is 0.148 e. The molecule has 0 aromatic heterocycles. The van der Waals surface area contributed by atoms with Crippen LogP contribution in [0.2, 0.25) is 0 Å². The maximum absolute atomic E-state index is 5.48. The number of hydrogen-bond acceptors (Lipinski definition) is 2. The first-order valence-corrected chi connectivity index (χ1v) is 9.05. The highest BCUT2D eigenvalue weighted by Gasteiger charge is 2.22. The Labute approximate surface area is 157 Å². The van der Waals surface area contributed by atoms with E-state index in [4.69, 9.17) is 22.3 Å². The van der Waals surface area contributed by atoms with Gasteiger partial charge in [0.2, 0.25) is 0 Å². The molecule has 0 saturated heterocycles. The maximum Gasteiger partial charge on any atom is 0.148 e. The summed E-state index contributed by atoms with van der Waals surface area (Å²) in [7, 11) is 0. The van der Waals surface area contributed by atoms with Gasteiger partial charge in [-0.3, -0.25) is 0 Å². The van der Waals surface area contributed by atoms with E-state index in [0.717, 1.165) is 24.3 Å². The summed E-state index contributed by atoms with van der Waals surface area (Å²) in [6.07, 6.45) is 12.6. The van der Waals surface area contributed by atoms with Crippen molar-refractivity contribution in [2.45, 2.75) is 38.5 Å². The fraction of sp³-hybridized carbons (Fsp3) is 0.333. The van der Waals surface area contributed by atoms with Crippen LogP contribution in [0.25, 0.3) is 0 Å². The Morgan fingerprint density at radius 1 is 0.692 bits per heavy atom. The predicted molar refractivity (Wildman–Crippen MR) is 108 cm³/mol. The Morgan fingerprint density at radius 2 is 1.04 bits per heavy atom. The standard InChI is InChI=1S/C24H26O2/c1-5-17-25-21-13-9-19(10-14-21)23(7-3)24(8-4)20-11-15-22(16-12-20)26-18-6-2/h1-2,9-16,23-24H,7-8,17-18H2,3-4H3/t23-,24+. The second kappa shape index (κ2) is 10.2. The van der Waals surface area contributed by atoms with Crippen molar-refractivity contribution in [1.29, 1.82) is 0 Å². The molecule has 2 aromatic rings. The third kappa shape index (κ3) is 5.08. The fourth-order valence-corrected chi connectivity index (χ4v) is 3.38. The van der Waals surface area contributed by atoms with Crippen LogP contribution in [0.3, 0.4) is 0 Å². The van der Waals surface area contributed by atoms with Gasteiger partial charge in [-0.15, -0.1) is 12.8 Å². The van der Waals surface area contributed by atoms with Crippen LogP contribution in [-0.4, -0.2) is 13.2 Å². The first kappa shape index (κ1) is 19.5. The van der Waals surface area contributed by atoms with E-state index in [1.165, 1.54) is 11.1 Å². The minimum atomic E-state index is 0.294. The Hall–Kier alpha value is -2.84. The molecule has 0 radical (unpaired) electrons. The minimum absolute atomic E-state index is 0.294. The Morgan fingerprint density at radius 3 is 1.31 bits per heavy atom. The van der Waals surface area contributed by atoms with Crippen LogP contribution >= 0.6 is 0 Å². The molecule has 0 unspecified atom stereocenters. The molecule has 2 nitrogen and oxygen atoms in total. The molecule has 134 valence electrons. The molecule has 0 aliphatic heterocycles. The summed E-state index contributed by atoms with van der Waals surface area (Å²) >= 11 is 0. The van der Waals surface area contributed by atoms with Gasteiger partial charge in [0.25, 0.3) is 0 Å². The molecule has 0 fully saturated rings. The monoisotopic (exact) mass is 346 g/mol. The molecular weight excluding hydrogens is 320 g/mol. The molecule has 2 rings (SSSR count). The van der Waals surface area contributed by atoms with Crippen molar-refractivity contribution < 1.29 is 9.47 Å². The zero-order valence-corrected chi connectivity index (χ0v) is 15.6. The third-order valence-corrected chi connectivity index (χ3v) is 4.63. The number of benzene rings is 2. The van der Waals surface area contributed by atoms with Gasteiger partial charge in [0.15, 0.2) is 0 Å². The van der Waals surface area contributed by atoms with Gasteiger partial charge in [0.1, 0.15) is 24.7 Å². The Kier molecular flexibility index (Phi) is 7.66. The van der Waals surface area contributed by atoms with E-state index < -0.39 is 0 Å². The van der Waals surface area contributed by atoms with Crippen LogP contribution in [0.4, 0.5) is 0 Å². The second-order valence-corrected chi connectivity index (χ2v) is 6.15. The first-order valence-electron chi connectivity index (χ1n) is 9.05. The SMILES string of the molecule is C#CCOc1ccc([C@@H](CC)[C@@H](CC)c2ccc(OCC#C)cc2)cc1. The van der Waals surface area contributed by atoms with Crippen LogP contribution in [0.5, 0.6) is 11.5 Å². The molecule has 2 heteroatoms. The van der Waals surface area contributed by atoms with Crippen molar-refractivity contribution >= 4 is 0 Å². The average Bonchev–Trinajstić information content (AvgIpc) is 2.70. The van der Waals surface area contributed by atoms with E-state index >= 15 is 0 Å². The van der Waals surface area contributed by atoms with Crippen LogP contribution in [0.1, 0.15) is 49.7 Å². The number of ether oxygens (including phenoxy) is 2. The van der Waals surface area contributed by atoms with Gasteiger partial charge in [0, 0.05) is 0 Å². The van der Waals surface area contributed by atoms with Crippen molar-refractivity contribution in [3.63, 3.8) is 0 Å². The summed E-state index contributed by atoms with van der Waals surface area (Å²) < 4.78 is 11.0. The van der Waals surface area contributed by atoms with Gasteiger partial charge in [0.05, 0.1) is 0 Å². The summed E-state index contributed by atoms with van der Waals surface area (Å²) in [5, 5.41) is 0. The normalized spacial score (nSPS) is 12.5. The molecule has 26 heavy (non-hydrogen) atoms. The van der Waals surface area contributed by atoms with Crippen molar-refractivity contribution in [2.24, 2.45) is 0 Å². The van der Waals surface area contributed by atoms with E-state index in [9.17, 15) is 0 Å². The highest BCUT2D eigenvalue weighted by molar-refractivity contribution is 5.35. The number of hydrogen-bond donors (Lipinski definition) is 0. The van der Waals surface area contributed by atoms with E-state index in [1.807, 2.05) is 24.3 Å². The molecule has 0 aliphatic rings.